The van der Waals surface area contributed by atoms with Crippen molar-refractivity contribution in [2.45, 2.75) is 19.3 Å². The summed E-state index contributed by atoms with van der Waals surface area (Å²) in [6.45, 7) is 4.71. The number of benzene rings is 9. The zero-order chi connectivity index (χ0) is 36.7. The maximum Gasteiger partial charge on any atom is 0.0468 e. The van der Waals surface area contributed by atoms with Gasteiger partial charge in [0.1, 0.15) is 0 Å². The maximum absolute atomic E-state index is 2.42. The number of hydrogen-bond donors (Lipinski definition) is 0. The van der Waals surface area contributed by atoms with Crippen LogP contribution in [0, 0.1) is 0 Å². The summed E-state index contributed by atoms with van der Waals surface area (Å²) < 4.78 is 2.68. The third kappa shape index (κ3) is 5.06. The molecule has 1 aliphatic carbocycles. The van der Waals surface area contributed by atoms with Crippen molar-refractivity contribution < 1.29 is 0 Å². The molecule has 0 saturated heterocycles. The minimum Gasteiger partial charge on any atom is -0.310 e. The Morgan fingerprint density at radius 1 is 0.364 bits per heavy atom. The first-order valence-electron chi connectivity index (χ1n) is 19.1. The normalized spacial score (nSPS) is 13.1. The van der Waals surface area contributed by atoms with Crippen LogP contribution in [0.4, 0.5) is 17.1 Å². The average Bonchev–Trinajstić information content (AvgIpc) is 3.73. The number of hydrogen-bond acceptors (Lipinski definition) is 2. The van der Waals surface area contributed by atoms with E-state index in [1.54, 1.807) is 0 Å². The van der Waals surface area contributed by atoms with Crippen LogP contribution in [0.1, 0.15) is 25.0 Å². The van der Waals surface area contributed by atoms with Crippen molar-refractivity contribution in [1.29, 1.82) is 0 Å². The van der Waals surface area contributed by atoms with Crippen molar-refractivity contribution in [3.05, 3.63) is 199 Å². The van der Waals surface area contributed by atoms with E-state index in [1.807, 2.05) is 11.3 Å². The van der Waals surface area contributed by atoms with E-state index in [9.17, 15) is 0 Å². The van der Waals surface area contributed by atoms with Crippen molar-refractivity contribution in [3.63, 3.8) is 0 Å². The van der Waals surface area contributed by atoms with E-state index in [0.717, 1.165) is 17.1 Å². The molecule has 0 amide bonds. The van der Waals surface area contributed by atoms with Gasteiger partial charge in [0.05, 0.1) is 0 Å². The van der Waals surface area contributed by atoms with E-state index in [2.05, 4.69) is 207 Å². The predicted octanol–water partition coefficient (Wildman–Crippen LogP) is 15.5. The molecule has 1 aromatic heterocycles. The van der Waals surface area contributed by atoms with Gasteiger partial charge in [-0.1, -0.05) is 159 Å². The second-order valence-corrected chi connectivity index (χ2v) is 16.4. The molecule has 0 saturated carbocycles. The van der Waals surface area contributed by atoms with Gasteiger partial charge in [-0.2, -0.15) is 0 Å². The molecule has 10 aromatic rings. The van der Waals surface area contributed by atoms with Gasteiger partial charge < -0.3 is 4.90 Å². The SMILES string of the molecule is CC1(C)c2ccccc2-c2ccc(-c3cccc(N(c4cccc(-c5cccc6c5sc5c7ccccc7ccc65)c4)c4ccc5ccccc5c4)c3)cc21. The molecule has 55 heavy (non-hydrogen) atoms. The summed E-state index contributed by atoms with van der Waals surface area (Å²) in [5.41, 5.74) is 13.7. The Hall–Kier alpha value is -6.48. The summed E-state index contributed by atoms with van der Waals surface area (Å²) in [7, 11) is 0. The smallest absolute Gasteiger partial charge is 0.0468 e. The Bertz CT molecular complexity index is 3150. The van der Waals surface area contributed by atoms with Gasteiger partial charge in [-0.15, -0.1) is 11.3 Å². The number of rotatable bonds is 5. The third-order valence-corrected chi connectivity index (χ3v) is 13.1. The number of nitrogens with zero attached hydrogens (tertiary/aromatic N) is 1. The zero-order valence-corrected chi connectivity index (χ0v) is 31.6. The average molecular weight is 720 g/mol. The van der Waals surface area contributed by atoms with Gasteiger partial charge in [-0.3, -0.25) is 0 Å². The van der Waals surface area contributed by atoms with Crippen LogP contribution in [-0.4, -0.2) is 0 Å². The Morgan fingerprint density at radius 3 is 1.84 bits per heavy atom. The topological polar surface area (TPSA) is 3.24 Å². The van der Waals surface area contributed by atoms with E-state index in [1.165, 1.54) is 86.2 Å². The first kappa shape index (κ1) is 32.0. The summed E-state index contributed by atoms with van der Waals surface area (Å²) >= 11 is 1.91. The van der Waals surface area contributed by atoms with Crippen LogP contribution in [-0.2, 0) is 5.41 Å². The van der Waals surface area contributed by atoms with Gasteiger partial charge in [0, 0.05) is 42.6 Å². The van der Waals surface area contributed by atoms with Crippen LogP contribution in [0.25, 0.3) is 75.1 Å². The fourth-order valence-corrected chi connectivity index (χ4v) is 10.4. The Balaban J connectivity index is 1.06. The molecule has 0 bridgehead atoms. The summed E-state index contributed by atoms with van der Waals surface area (Å²) in [5.74, 6) is 0. The first-order valence-corrected chi connectivity index (χ1v) is 19.9. The second-order valence-electron chi connectivity index (χ2n) is 15.3. The van der Waals surface area contributed by atoms with E-state index in [4.69, 9.17) is 0 Å². The molecule has 0 atom stereocenters. The van der Waals surface area contributed by atoms with Crippen molar-refractivity contribution in [3.8, 4) is 33.4 Å². The van der Waals surface area contributed by atoms with Crippen LogP contribution in [0.5, 0.6) is 0 Å². The second kappa shape index (κ2) is 12.3. The van der Waals surface area contributed by atoms with Crippen molar-refractivity contribution in [1.82, 2.24) is 0 Å². The Morgan fingerprint density at radius 2 is 0.964 bits per heavy atom. The molecule has 260 valence electrons. The highest BCUT2D eigenvalue weighted by atomic mass is 32.1. The van der Waals surface area contributed by atoms with Gasteiger partial charge >= 0.3 is 0 Å². The van der Waals surface area contributed by atoms with E-state index in [0.29, 0.717) is 0 Å². The summed E-state index contributed by atoms with van der Waals surface area (Å²) in [6.07, 6.45) is 0. The molecule has 0 spiro atoms. The van der Waals surface area contributed by atoms with Gasteiger partial charge in [-0.05, 0) is 109 Å². The molecule has 2 heteroatoms. The highest BCUT2D eigenvalue weighted by molar-refractivity contribution is 7.27. The molecule has 1 aliphatic rings. The summed E-state index contributed by atoms with van der Waals surface area (Å²) in [4.78, 5) is 2.42. The molecule has 0 unspecified atom stereocenters. The molecule has 0 radical (unpaired) electrons. The summed E-state index contributed by atoms with van der Waals surface area (Å²) in [5, 5.41) is 7.70. The molecule has 1 nitrogen and oxygen atoms in total. The quantitative estimate of drug-likeness (QED) is 0.171. The largest absolute Gasteiger partial charge is 0.310 e. The van der Waals surface area contributed by atoms with Crippen LogP contribution < -0.4 is 4.90 Å². The van der Waals surface area contributed by atoms with E-state index in [-0.39, 0.29) is 5.41 Å². The maximum atomic E-state index is 2.42. The van der Waals surface area contributed by atoms with Crippen LogP contribution >= 0.6 is 11.3 Å². The molecular weight excluding hydrogens is 683 g/mol. The molecule has 0 N–H and O–H groups in total. The van der Waals surface area contributed by atoms with Crippen LogP contribution in [0.15, 0.2) is 188 Å². The zero-order valence-electron chi connectivity index (χ0n) is 30.8. The molecule has 11 rings (SSSR count). The van der Waals surface area contributed by atoms with E-state index < -0.39 is 0 Å². The lowest BCUT2D eigenvalue weighted by molar-refractivity contribution is 0.660. The van der Waals surface area contributed by atoms with Crippen molar-refractivity contribution >= 4 is 70.1 Å². The molecule has 9 aromatic carbocycles. The monoisotopic (exact) mass is 719 g/mol. The lowest BCUT2D eigenvalue weighted by atomic mass is 9.81. The van der Waals surface area contributed by atoms with Gasteiger partial charge in [0.2, 0.25) is 0 Å². The molecular formula is C53H37NS. The number of anilines is 3. The van der Waals surface area contributed by atoms with Crippen LogP contribution in [0.2, 0.25) is 0 Å². The highest BCUT2D eigenvalue weighted by Crippen LogP contribution is 2.50. The Kier molecular flexibility index (Phi) is 7.14. The number of thiophene rings is 1. The highest BCUT2D eigenvalue weighted by Gasteiger charge is 2.35. The molecule has 0 fully saturated rings. The number of fused-ring (bicyclic) bond motifs is 9. The summed E-state index contributed by atoms with van der Waals surface area (Å²) in [6, 6.07) is 69.6. The fraction of sp³-hybridized carbons (Fsp3) is 0.0566. The first-order chi connectivity index (χ1) is 27.0. The van der Waals surface area contributed by atoms with Crippen molar-refractivity contribution in [2.75, 3.05) is 4.90 Å². The minimum atomic E-state index is -0.0541. The Labute approximate surface area is 325 Å². The standard InChI is InChI=1S/C53H37NS/c1-53(2)49-23-8-7-20-45(49)46-28-26-38(33-50(46)53)37-15-9-17-40(31-37)54(42-27-24-34-12-3-4-14-36(34)30-42)41-18-10-16-39(32-41)44-21-11-22-47-48-29-25-35-13-5-6-19-43(35)51(48)55-52(44)47/h3-33H,1-2H3. The lowest BCUT2D eigenvalue weighted by Crippen LogP contribution is -2.14. The fourth-order valence-electron chi connectivity index (χ4n) is 9.04. The molecule has 0 aliphatic heterocycles. The van der Waals surface area contributed by atoms with Gasteiger partial charge in [0.15, 0.2) is 0 Å². The van der Waals surface area contributed by atoms with Crippen LogP contribution in [0.3, 0.4) is 0 Å². The minimum absolute atomic E-state index is 0.0541. The van der Waals surface area contributed by atoms with E-state index >= 15 is 0 Å². The van der Waals surface area contributed by atoms with Gasteiger partial charge in [0.25, 0.3) is 0 Å². The van der Waals surface area contributed by atoms with Crippen molar-refractivity contribution in [2.24, 2.45) is 0 Å². The molecule has 1 heterocycles. The predicted molar refractivity (Wildman–Crippen MR) is 237 cm³/mol. The lowest BCUT2D eigenvalue weighted by Gasteiger charge is -2.27. The van der Waals surface area contributed by atoms with Gasteiger partial charge in [-0.25, -0.2) is 0 Å². The third-order valence-electron chi connectivity index (χ3n) is 11.8.